The van der Waals surface area contributed by atoms with Crippen molar-refractivity contribution in [2.45, 2.75) is 19.6 Å². The molecule has 0 unspecified atom stereocenters. The second kappa shape index (κ2) is 12.3. The zero-order valence-corrected chi connectivity index (χ0v) is 22.5. The Kier molecular flexibility index (Phi) is 8.85. The molecule has 1 aliphatic rings. The second-order valence-electron chi connectivity index (χ2n) is 9.24. The number of carboxylic acids is 1. The van der Waals surface area contributed by atoms with Crippen LogP contribution in [0.5, 0.6) is 17.2 Å². The van der Waals surface area contributed by atoms with Gasteiger partial charge in [-0.05, 0) is 42.0 Å². The van der Waals surface area contributed by atoms with Gasteiger partial charge in [-0.15, -0.1) is 0 Å². The molecule has 0 atom stereocenters. The topological polar surface area (TPSA) is 132 Å². The number of alkyl halides is 3. The molecule has 0 saturated carbocycles. The average Bonchev–Trinajstić information content (AvgIpc) is 2.95. The number of carbonyl (C=O) groups excluding carboxylic acids is 1. The highest BCUT2D eigenvalue weighted by Crippen LogP contribution is 2.41. The van der Waals surface area contributed by atoms with Crippen LogP contribution in [0.4, 0.5) is 30.2 Å². The minimum atomic E-state index is -4.75. The predicted molar refractivity (Wildman–Crippen MR) is 144 cm³/mol. The Morgan fingerprint density at radius 3 is 2.36 bits per heavy atom. The normalized spacial score (nSPS) is 13.4. The number of carbonyl (C=O) groups is 2. The van der Waals surface area contributed by atoms with Crippen molar-refractivity contribution < 1.29 is 47.0 Å². The number of aromatic carboxylic acids is 1. The summed E-state index contributed by atoms with van der Waals surface area (Å²) >= 11 is 0. The Labute approximate surface area is 237 Å². The van der Waals surface area contributed by atoms with Gasteiger partial charge in [-0.2, -0.15) is 13.2 Å². The van der Waals surface area contributed by atoms with E-state index >= 15 is 0 Å². The molecule has 0 radical (unpaired) electrons. The molecule has 1 saturated heterocycles. The Hall–Kier alpha value is -4.85. The van der Waals surface area contributed by atoms with E-state index in [4.69, 9.17) is 14.2 Å². The molecule has 3 aromatic rings. The maximum atomic E-state index is 13.2. The molecule has 4 rings (SSSR count). The summed E-state index contributed by atoms with van der Waals surface area (Å²) in [4.78, 5) is 38.5. The van der Waals surface area contributed by atoms with Crippen LogP contribution >= 0.6 is 0 Å². The zero-order chi connectivity index (χ0) is 30.6. The smallest absolute Gasteiger partial charge is 0.416 e. The largest absolute Gasteiger partial charge is 0.493 e. The van der Waals surface area contributed by atoms with Crippen LogP contribution < -0.4 is 19.3 Å². The molecule has 222 valence electrons. The first-order valence-electron chi connectivity index (χ1n) is 12.6. The van der Waals surface area contributed by atoms with Crippen LogP contribution in [0.15, 0.2) is 54.6 Å². The lowest BCUT2D eigenvalue weighted by Crippen LogP contribution is -2.37. The van der Waals surface area contributed by atoms with Crippen molar-refractivity contribution in [3.05, 3.63) is 81.4 Å². The minimum absolute atomic E-state index is 0.0182. The third-order valence-electron chi connectivity index (χ3n) is 6.53. The molecule has 0 spiro atoms. The van der Waals surface area contributed by atoms with Gasteiger partial charge in [0.25, 0.3) is 0 Å². The lowest BCUT2D eigenvalue weighted by molar-refractivity contribution is -0.385. The van der Waals surface area contributed by atoms with Crippen molar-refractivity contribution in [1.29, 1.82) is 0 Å². The second-order valence-corrected chi connectivity index (χ2v) is 9.24. The minimum Gasteiger partial charge on any atom is -0.493 e. The van der Waals surface area contributed by atoms with E-state index in [2.05, 4.69) is 0 Å². The third kappa shape index (κ3) is 6.71. The number of carboxylic acid groups (broad SMARTS) is 1. The number of anilines is 2. The van der Waals surface area contributed by atoms with E-state index in [0.717, 1.165) is 0 Å². The van der Waals surface area contributed by atoms with Crippen molar-refractivity contribution in [3.63, 3.8) is 0 Å². The number of nitro benzene ring substituents is 1. The van der Waals surface area contributed by atoms with Crippen LogP contribution in [0.3, 0.4) is 0 Å². The van der Waals surface area contributed by atoms with Gasteiger partial charge < -0.3 is 29.1 Å². The summed E-state index contributed by atoms with van der Waals surface area (Å²) in [5.41, 5.74) is -0.449. The van der Waals surface area contributed by atoms with E-state index in [-0.39, 0.29) is 29.5 Å². The average molecular weight is 590 g/mol. The summed E-state index contributed by atoms with van der Waals surface area (Å²) in [6.45, 7) is 3.26. The summed E-state index contributed by atoms with van der Waals surface area (Å²) in [5.74, 6) is -2.23. The molecule has 3 aromatic carbocycles. The fourth-order valence-corrected chi connectivity index (χ4v) is 4.45. The van der Waals surface area contributed by atoms with Gasteiger partial charge in [0.2, 0.25) is 11.7 Å². The van der Waals surface area contributed by atoms with Gasteiger partial charge >= 0.3 is 17.8 Å². The molecule has 0 aliphatic carbocycles. The van der Waals surface area contributed by atoms with Crippen molar-refractivity contribution in [2.75, 3.05) is 43.2 Å². The van der Waals surface area contributed by atoms with Crippen LogP contribution in [0.2, 0.25) is 0 Å². The van der Waals surface area contributed by atoms with Gasteiger partial charge in [-0.3, -0.25) is 14.9 Å². The molecule has 11 nitrogen and oxygen atoms in total. The molecule has 1 heterocycles. The predicted octanol–water partition coefficient (Wildman–Crippen LogP) is 5.50. The molecule has 1 N–H and O–H groups in total. The first-order valence-corrected chi connectivity index (χ1v) is 12.6. The third-order valence-corrected chi connectivity index (χ3v) is 6.53. The summed E-state index contributed by atoms with van der Waals surface area (Å²) in [5, 5.41) is 21.3. The monoisotopic (exact) mass is 589 g/mol. The molecule has 0 bridgehead atoms. The van der Waals surface area contributed by atoms with Crippen LogP contribution in [-0.2, 0) is 22.3 Å². The van der Waals surface area contributed by atoms with Crippen molar-refractivity contribution in [3.8, 4) is 17.2 Å². The van der Waals surface area contributed by atoms with E-state index in [1.165, 1.54) is 43.2 Å². The molecule has 1 aliphatic heterocycles. The SMILES string of the molecule is COc1cc(CN(C(C)=O)c2ccc(N3CCOCC3)c(C(=O)O)c2)ccc1Oc1cc(C(F)(F)F)ccc1[N+](=O)[O-]. The molecule has 1 fully saturated rings. The van der Waals surface area contributed by atoms with Crippen molar-refractivity contribution in [1.82, 2.24) is 0 Å². The zero-order valence-electron chi connectivity index (χ0n) is 22.5. The number of benzene rings is 3. The lowest BCUT2D eigenvalue weighted by atomic mass is 10.1. The number of morpholine rings is 1. The van der Waals surface area contributed by atoms with Crippen LogP contribution in [-0.4, -0.2) is 55.3 Å². The van der Waals surface area contributed by atoms with Gasteiger partial charge in [-0.25, -0.2) is 4.79 Å². The summed E-state index contributed by atoms with van der Waals surface area (Å²) in [6.07, 6.45) is -4.75. The number of nitrogens with zero attached hydrogens (tertiary/aromatic N) is 3. The molecular weight excluding hydrogens is 563 g/mol. The van der Waals surface area contributed by atoms with Crippen LogP contribution in [0, 0.1) is 10.1 Å². The Morgan fingerprint density at radius 2 is 1.76 bits per heavy atom. The molecule has 42 heavy (non-hydrogen) atoms. The van der Waals surface area contributed by atoms with Crippen LogP contribution in [0.1, 0.15) is 28.4 Å². The van der Waals surface area contributed by atoms with Crippen molar-refractivity contribution in [2.24, 2.45) is 0 Å². The quantitative estimate of drug-likeness (QED) is 0.254. The van der Waals surface area contributed by atoms with Gasteiger partial charge in [-0.1, -0.05) is 6.07 Å². The number of ether oxygens (including phenoxy) is 3. The molecule has 14 heteroatoms. The van der Waals surface area contributed by atoms with Crippen molar-refractivity contribution >= 4 is 28.9 Å². The Morgan fingerprint density at radius 1 is 1.05 bits per heavy atom. The molecule has 1 amide bonds. The maximum Gasteiger partial charge on any atom is 0.416 e. The number of nitro groups is 1. The molecular formula is C28H26F3N3O8. The van der Waals surface area contributed by atoms with E-state index in [1.807, 2.05) is 4.90 Å². The van der Waals surface area contributed by atoms with Crippen LogP contribution in [0.25, 0.3) is 0 Å². The highest BCUT2D eigenvalue weighted by atomic mass is 19.4. The first kappa shape index (κ1) is 30.1. The van der Waals surface area contributed by atoms with Gasteiger partial charge in [0, 0.05) is 37.8 Å². The van der Waals surface area contributed by atoms with E-state index < -0.39 is 34.1 Å². The number of hydrogen-bond donors (Lipinski definition) is 1. The lowest BCUT2D eigenvalue weighted by Gasteiger charge is -2.31. The van der Waals surface area contributed by atoms with E-state index in [9.17, 15) is 38.0 Å². The van der Waals surface area contributed by atoms with E-state index in [1.54, 1.807) is 12.1 Å². The van der Waals surface area contributed by atoms with Gasteiger partial charge in [0.1, 0.15) is 0 Å². The number of rotatable bonds is 9. The Balaban J connectivity index is 1.64. The fourth-order valence-electron chi connectivity index (χ4n) is 4.45. The number of methoxy groups -OCH3 is 1. The summed E-state index contributed by atoms with van der Waals surface area (Å²) in [7, 11) is 1.28. The standard InChI is InChI=1S/C28H26F3N3O8/c1-17(35)33(20-5-7-22(21(15-20)27(36)37)32-9-11-41-12-10-32)16-18-3-8-24(26(13-18)40-2)42-25-14-19(28(29,30)31)4-6-23(25)34(38)39/h3-8,13-15H,9-12,16H2,1-2H3,(H,36,37). The summed E-state index contributed by atoms with van der Waals surface area (Å²) in [6, 6.07) is 10.8. The first-order chi connectivity index (χ1) is 19.9. The van der Waals surface area contributed by atoms with E-state index in [0.29, 0.717) is 61.4 Å². The fraction of sp³-hybridized carbons (Fsp3) is 0.286. The summed E-state index contributed by atoms with van der Waals surface area (Å²) < 4.78 is 55.9. The maximum absolute atomic E-state index is 13.2. The highest BCUT2D eigenvalue weighted by molar-refractivity contribution is 5.98. The van der Waals surface area contributed by atoms with Gasteiger partial charge in [0.05, 0.1) is 48.6 Å². The Bertz CT molecular complexity index is 1510. The molecule has 0 aromatic heterocycles. The number of halogens is 3. The highest BCUT2D eigenvalue weighted by Gasteiger charge is 2.33. The number of hydrogen-bond acceptors (Lipinski definition) is 8. The van der Waals surface area contributed by atoms with Gasteiger partial charge in [0.15, 0.2) is 11.5 Å². The number of amides is 1.